The minimum absolute atomic E-state index is 0.0994. The van der Waals surface area contributed by atoms with Crippen molar-refractivity contribution in [2.75, 3.05) is 24.6 Å². The molecule has 0 saturated carbocycles. The summed E-state index contributed by atoms with van der Waals surface area (Å²) in [5.41, 5.74) is 0. The van der Waals surface area contributed by atoms with E-state index in [4.69, 9.17) is 4.74 Å². The molecule has 0 bridgehead atoms. The molecular formula is C8H11N3O3S. The van der Waals surface area contributed by atoms with Crippen LogP contribution < -0.4 is 4.72 Å². The van der Waals surface area contributed by atoms with E-state index in [1.807, 2.05) is 0 Å². The quantitative estimate of drug-likeness (QED) is 0.793. The van der Waals surface area contributed by atoms with Crippen molar-refractivity contribution in [3.05, 3.63) is 24.4 Å². The van der Waals surface area contributed by atoms with Gasteiger partial charge < -0.3 is 4.74 Å². The fourth-order valence-corrected chi connectivity index (χ4v) is 2.25. The van der Waals surface area contributed by atoms with Crippen molar-refractivity contribution in [1.29, 1.82) is 0 Å². The molecule has 1 aliphatic heterocycles. The molecular weight excluding hydrogens is 218 g/mol. The fraction of sp³-hybridized carbons (Fsp3) is 0.375. The Kier molecular flexibility index (Phi) is 2.85. The smallest absolute Gasteiger partial charge is 0.304 e. The fourth-order valence-electron chi connectivity index (χ4n) is 1.21. The maximum atomic E-state index is 11.7. The summed E-state index contributed by atoms with van der Waals surface area (Å²) in [5, 5.41) is 0. The summed E-state index contributed by atoms with van der Waals surface area (Å²) in [7, 11) is -3.52. The third kappa shape index (κ3) is 2.44. The number of nitrogens with one attached hydrogen (secondary N) is 1. The standard InChI is InChI=1S/C8H11N3O3S/c12-15(13,11-5-6-14-7-11)10-8-3-1-2-4-9-8/h1-4H,5-7H2,(H,9,10). The van der Waals surface area contributed by atoms with Crippen molar-refractivity contribution in [1.82, 2.24) is 9.29 Å². The van der Waals surface area contributed by atoms with Crippen LogP contribution in [-0.2, 0) is 14.9 Å². The molecule has 2 heterocycles. The first-order chi connectivity index (χ1) is 7.18. The molecule has 1 aromatic heterocycles. The molecule has 1 fully saturated rings. The zero-order valence-electron chi connectivity index (χ0n) is 7.96. The Bertz CT molecular complexity index is 414. The van der Waals surface area contributed by atoms with Gasteiger partial charge >= 0.3 is 10.2 Å². The van der Waals surface area contributed by atoms with Crippen molar-refractivity contribution >= 4 is 16.0 Å². The SMILES string of the molecule is O=S(=O)(Nc1ccccn1)N1CCOC1. The van der Waals surface area contributed by atoms with E-state index >= 15 is 0 Å². The van der Waals surface area contributed by atoms with Gasteiger partial charge in [-0.3, -0.25) is 4.72 Å². The number of hydrogen-bond acceptors (Lipinski definition) is 4. The lowest BCUT2D eigenvalue weighted by molar-refractivity contribution is 0.172. The molecule has 2 rings (SSSR count). The van der Waals surface area contributed by atoms with Gasteiger partial charge in [0.1, 0.15) is 12.5 Å². The number of anilines is 1. The highest BCUT2D eigenvalue weighted by molar-refractivity contribution is 7.90. The first-order valence-corrected chi connectivity index (χ1v) is 5.89. The van der Waals surface area contributed by atoms with Gasteiger partial charge in [-0.2, -0.15) is 12.7 Å². The number of aromatic nitrogens is 1. The van der Waals surface area contributed by atoms with Crippen molar-refractivity contribution in [2.24, 2.45) is 0 Å². The minimum Gasteiger partial charge on any atom is -0.364 e. The molecule has 0 amide bonds. The Morgan fingerprint density at radius 1 is 1.47 bits per heavy atom. The summed E-state index contributed by atoms with van der Waals surface area (Å²) in [6.45, 7) is 0.910. The van der Waals surface area contributed by atoms with Gasteiger partial charge in [-0.25, -0.2) is 4.98 Å². The zero-order valence-corrected chi connectivity index (χ0v) is 8.77. The molecule has 7 heteroatoms. The second-order valence-corrected chi connectivity index (χ2v) is 4.71. The molecule has 1 aromatic rings. The van der Waals surface area contributed by atoms with Crippen molar-refractivity contribution in [3.8, 4) is 0 Å². The van der Waals surface area contributed by atoms with Crippen LogP contribution in [0.2, 0.25) is 0 Å². The van der Waals surface area contributed by atoms with Crippen LogP contribution >= 0.6 is 0 Å². The number of rotatable bonds is 3. The van der Waals surface area contributed by atoms with Gasteiger partial charge in [-0.1, -0.05) is 6.07 Å². The van der Waals surface area contributed by atoms with Crippen LogP contribution in [0.15, 0.2) is 24.4 Å². The topological polar surface area (TPSA) is 71.5 Å². The van der Waals surface area contributed by atoms with Crippen molar-refractivity contribution in [2.45, 2.75) is 0 Å². The molecule has 1 N–H and O–H groups in total. The van der Waals surface area contributed by atoms with E-state index in [9.17, 15) is 8.42 Å². The Morgan fingerprint density at radius 3 is 2.93 bits per heavy atom. The Morgan fingerprint density at radius 2 is 2.33 bits per heavy atom. The van der Waals surface area contributed by atoms with Crippen LogP contribution in [0.1, 0.15) is 0 Å². The predicted molar refractivity (Wildman–Crippen MR) is 54.3 cm³/mol. The van der Waals surface area contributed by atoms with Gasteiger partial charge in [0.05, 0.1) is 6.61 Å². The van der Waals surface area contributed by atoms with E-state index in [2.05, 4.69) is 9.71 Å². The van der Waals surface area contributed by atoms with Gasteiger partial charge in [0.25, 0.3) is 0 Å². The van der Waals surface area contributed by atoms with E-state index in [1.165, 1.54) is 10.5 Å². The monoisotopic (exact) mass is 229 g/mol. The van der Waals surface area contributed by atoms with Gasteiger partial charge in [0.15, 0.2) is 0 Å². The van der Waals surface area contributed by atoms with E-state index in [-0.39, 0.29) is 6.73 Å². The summed E-state index contributed by atoms with van der Waals surface area (Å²) in [5.74, 6) is 0.310. The highest BCUT2D eigenvalue weighted by atomic mass is 32.2. The molecule has 0 aromatic carbocycles. The lowest BCUT2D eigenvalue weighted by Crippen LogP contribution is -2.34. The first kappa shape index (κ1) is 10.3. The molecule has 82 valence electrons. The van der Waals surface area contributed by atoms with Crippen LogP contribution in [0, 0.1) is 0 Å². The van der Waals surface area contributed by atoms with Crippen LogP contribution in [0.5, 0.6) is 0 Å². The molecule has 15 heavy (non-hydrogen) atoms. The first-order valence-electron chi connectivity index (χ1n) is 4.45. The number of ether oxygens (including phenoxy) is 1. The molecule has 1 aliphatic rings. The summed E-state index contributed by atoms with van der Waals surface area (Å²) in [6, 6.07) is 5.02. The summed E-state index contributed by atoms with van der Waals surface area (Å²) < 4.78 is 32.0. The van der Waals surface area contributed by atoms with E-state index in [1.54, 1.807) is 18.2 Å². The largest absolute Gasteiger partial charge is 0.364 e. The highest BCUT2D eigenvalue weighted by Gasteiger charge is 2.25. The minimum atomic E-state index is -3.52. The number of nitrogens with zero attached hydrogens (tertiary/aromatic N) is 2. The van der Waals surface area contributed by atoms with E-state index in [0.717, 1.165) is 0 Å². The molecule has 0 unspecified atom stereocenters. The highest BCUT2D eigenvalue weighted by Crippen LogP contribution is 2.10. The third-order valence-electron chi connectivity index (χ3n) is 1.96. The maximum Gasteiger partial charge on any atom is 0.304 e. The molecule has 0 aliphatic carbocycles. The van der Waals surface area contributed by atoms with Crippen molar-refractivity contribution in [3.63, 3.8) is 0 Å². The average molecular weight is 229 g/mol. The Balaban J connectivity index is 2.11. The molecule has 0 atom stereocenters. The predicted octanol–water partition coefficient (Wildman–Crippen LogP) is 0.0280. The van der Waals surface area contributed by atoms with E-state index < -0.39 is 10.2 Å². The average Bonchev–Trinajstić information content (AvgIpc) is 2.71. The van der Waals surface area contributed by atoms with Gasteiger partial charge in [-0.15, -0.1) is 0 Å². The van der Waals surface area contributed by atoms with Gasteiger partial charge in [-0.05, 0) is 12.1 Å². The number of pyridine rings is 1. The van der Waals surface area contributed by atoms with Crippen molar-refractivity contribution < 1.29 is 13.2 Å². The molecule has 6 nitrogen and oxygen atoms in total. The van der Waals surface area contributed by atoms with E-state index in [0.29, 0.717) is 19.0 Å². The van der Waals surface area contributed by atoms with Crippen LogP contribution in [-0.4, -0.2) is 37.6 Å². The van der Waals surface area contributed by atoms with Gasteiger partial charge in [0, 0.05) is 12.7 Å². The van der Waals surface area contributed by atoms with Crippen LogP contribution in [0.4, 0.5) is 5.82 Å². The summed E-state index contributed by atoms with van der Waals surface area (Å²) in [6.07, 6.45) is 1.53. The second kappa shape index (κ2) is 4.13. The lowest BCUT2D eigenvalue weighted by Gasteiger charge is -2.14. The zero-order chi connectivity index (χ0) is 10.7. The Labute approximate surface area is 88.1 Å². The third-order valence-corrected chi connectivity index (χ3v) is 3.39. The summed E-state index contributed by atoms with van der Waals surface area (Å²) in [4.78, 5) is 3.88. The van der Waals surface area contributed by atoms with Gasteiger partial charge in [0.2, 0.25) is 0 Å². The summed E-state index contributed by atoms with van der Waals surface area (Å²) >= 11 is 0. The lowest BCUT2D eigenvalue weighted by atomic mass is 10.5. The molecule has 0 radical (unpaired) electrons. The van der Waals surface area contributed by atoms with Crippen LogP contribution in [0.3, 0.4) is 0 Å². The maximum absolute atomic E-state index is 11.7. The normalized spacial score (nSPS) is 17.9. The number of hydrogen-bond donors (Lipinski definition) is 1. The Hall–Kier alpha value is -1.18. The molecule has 0 spiro atoms. The molecule has 1 saturated heterocycles. The van der Waals surface area contributed by atoms with Crippen LogP contribution in [0.25, 0.3) is 0 Å². The second-order valence-electron chi connectivity index (χ2n) is 3.03.